The first-order chi connectivity index (χ1) is 8.19. The van der Waals surface area contributed by atoms with Gasteiger partial charge < -0.3 is 14.8 Å². The van der Waals surface area contributed by atoms with Crippen molar-refractivity contribution in [1.29, 1.82) is 0 Å². The third kappa shape index (κ3) is 2.18. The molecule has 6 nitrogen and oxygen atoms in total. The molecule has 2 rings (SSSR count). The molecule has 1 spiro atoms. The van der Waals surface area contributed by atoms with Gasteiger partial charge in [-0.1, -0.05) is 0 Å². The van der Waals surface area contributed by atoms with Crippen molar-refractivity contribution in [1.82, 2.24) is 10.6 Å². The maximum Gasteiger partial charge on any atom is 0.513 e. The molecule has 1 atom stereocenters. The van der Waals surface area contributed by atoms with Crippen LogP contribution in [0.1, 0.15) is 13.3 Å². The second kappa shape index (κ2) is 4.85. The van der Waals surface area contributed by atoms with Gasteiger partial charge in [0.1, 0.15) is 11.3 Å². The molecule has 17 heavy (non-hydrogen) atoms. The Balaban J connectivity index is 2.10. The minimum absolute atomic E-state index is 0.00296. The minimum Gasteiger partial charge on any atom is -0.434 e. The normalized spacial score (nSPS) is 28.1. The van der Waals surface area contributed by atoms with Gasteiger partial charge in [0.25, 0.3) is 0 Å². The van der Waals surface area contributed by atoms with Gasteiger partial charge in [-0.25, -0.2) is 4.79 Å². The second-order valence-electron chi connectivity index (χ2n) is 3.99. The fraction of sp³-hybridized carbons (Fsp3) is 0.636. The summed E-state index contributed by atoms with van der Waals surface area (Å²) in [7, 11) is 0. The van der Waals surface area contributed by atoms with Crippen molar-refractivity contribution >= 4 is 11.9 Å². The zero-order valence-corrected chi connectivity index (χ0v) is 9.75. The van der Waals surface area contributed by atoms with E-state index in [1.807, 2.05) is 0 Å². The molecule has 1 fully saturated rings. The lowest BCUT2D eigenvalue weighted by Crippen LogP contribution is -2.59. The van der Waals surface area contributed by atoms with Crippen molar-refractivity contribution in [2.45, 2.75) is 18.9 Å². The molecule has 0 aromatic carbocycles. The van der Waals surface area contributed by atoms with Crippen molar-refractivity contribution < 1.29 is 19.1 Å². The lowest BCUT2D eigenvalue weighted by Gasteiger charge is -2.33. The van der Waals surface area contributed by atoms with Gasteiger partial charge in [0.2, 0.25) is 0 Å². The number of rotatable bonds is 2. The van der Waals surface area contributed by atoms with E-state index in [9.17, 15) is 9.59 Å². The van der Waals surface area contributed by atoms with E-state index < -0.39 is 11.7 Å². The van der Waals surface area contributed by atoms with Crippen LogP contribution in [0.2, 0.25) is 0 Å². The highest BCUT2D eigenvalue weighted by Crippen LogP contribution is 2.29. The first-order valence-corrected chi connectivity index (χ1v) is 5.73. The highest BCUT2D eigenvalue weighted by molar-refractivity contribution is 5.94. The van der Waals surface area contributed by atoms with Gasteiger partial charge in [-0.05, 0) is 26.0 Å². The Morgan fingerprint density at radius 2 is 2.41 bits per heavy atom. The van der Waals surface area contributed by atoms with Crippen LogP contribution < -0.4 is 10.6 Å². The first-order valence-electron chi connectivity index (χ1n) is 5.73. The Hall–Kier alpha value is -1.40. The molecule has 2 aliphatic heterocycles. The summed E-state index contributed by atoms with van der Waals surface area (Å²) in [4.78, 5) is 23.3. The van der Waals surface area contributed by atoms with E-state index in [1.54, 1.807) is 13.0 Å². The summed E-state index contributed by atoms with van der Waals surface area (Å²) in [5.41, 5.74) is -0.835. The number of carbonyl (C=O) groups excluding carboxylic acids is 2. The van der Waals surface area contributed by atoms with Crippen molar-refractivity contribution in [3.8, 4) is 0 Å². The second-order valence-corrected chi connectivity index (χ2v) is 3.99. The van der Waals surface area contributed by atoms with Crippen LogP contribution in [0.25, 0.3) is 0 Å². The summed E-state index contributed by atoms with van der Waals surface area (Å²) in [6.45, 7) is 3.48. The standard InChI is InChI=1S/C11H16N2O4/c1-2-16-10(15)17-9-3-5-13-11(9)4-6-12-7-8(11)14/h3,12-13H,2,4-7H2,1H3. The Bertz CT molecular complexity index is 366. The zero-order chi connectivity index (χ0) is 12.3. The fourth-order valence-electron chi connectivity index (χ4n) is 2.16. The molecule has 6 heteroatoms. The van der Waals surface area contributed by atoms with Crippen LogP contribution in [0.15, 0.2) is 11.8 Å². The molecule has 0 radical (unpaired) electrons. The van der Waals surface area contributed by atoms with Gasteiger partial charge in [-0.15, -0.1) is 0 Å². The predicted molar refractivity (Wildman–Crippen MR) is 59.4 cm³/mol. The van der Waals surface area contributed by atoms with Crippen LogP contribution in [0.3, 0.4) is 0 Å². The Kier molecular flexibility index (Phi) is 3.44. The maximum atomic E-state index is 12.0. The minimum atomic E-state index is -0.835. The number of hydrogen-bond donors (Lipinski definition) is 2. The molecule has 94 valence electrons. The first kappa shape index (κ1) is 12.1. The lowest BCUT2D eigenvalue weighted by atomic mass is 9.86. The predicted octanol–water partition coefficient (Wildman–Crippen LogP) is -0.0522. The van der Waals surface area contributed by atoms with Crippen molar-refractivity contribution in [3.63, 3.8) is 0 Å². The molecule has 0 aromatic heterocycles. The quantitative estimate of drug-likeness (QED) is 0.659. The Morgan fingerprint density at radius 3 is 3.12 bits per heavy atom. The molecular weight excluding hydrogens is 224 g/mol. The maximum absolute atomic E-state index is 12.0. The smallest absolute Gasteiger partial charge is 0.434 e. The number of ether oxygens (including phenoxy) is 2. The third-order valence-corrected chi connectivity index (χ3v) is 3.01. The van der Waals surface area contributed by atoms with Crippen LogP contribution in [-0.4, -0.2) is 43.7 Å². The van der Waals surface area contributed by atoms with Gasteiger partial charge >= 0.3 is 6.16 Å². The van der Waals surface area contributed by atoms with E-state index in [2.05, 4.69) is 10.6 Å². The Labute approximate surface area is 99.3 Å². The van der Waals surface area contributed by atoms with E-state index >= 15 is 0 Å². The van der Waals surface area contributed by atoms with E-state index in [0.717, 1.165) is 0 Å². The lowest BCUT2D eigenvalue weighted by molar-refractivity contribution is -0.125. The summed E-state index contributed by atoms with van der Waals surface area (Å²) in [5.74, 6) is 0.374. The monoisotopic (exact) mass is 240 g/mol. The average molecular weight is 240 g/mol. The van der Waals surface area contributed by atoms with Gasteiger partial charge in [0.15, 0.2) is 5.78 Å². The van der Waals surface area contributed by atoms with Crippen molar-refractivity contribution in [2.24, 2.45) is 0 Å². The van der Waals surface area contributed by atoms with Crippen LogP contribution >= 0.6 is 0 Å². The molecule has 0 saturated carbocycles. The summed E-state index contributed by atoms with van der Waals surface area (Å²) < 4.78 is 9.82. The molecule has 0 aromatic rings. The number of carbonyl (C=O) groups is 2. The molecule has 0 aliphatic carbocycles. The van der Waals surface area contributed by atoms with Gasteiger partial charge in [0.05, 0.1) is 13.2 Å². The summed E-state index contributed by atoms with van der Waals surface area (Å²) in [6, 6.07) is 0. The molecule has 0 bridgehead atoms. The topological polar surface area (TPSA) is 76.7 Å². The van der Waals surface area contributed by atoms with Gasteiger partial charge in [-0.3, -0.25) is 10.1 Å². The third-order valence-electron chi connectivity index (χ3n) is 3.01. The summed E-state index contributed by atoms with van der Waals surface area (Å²) in [6.07, 6.45) is 1.55. The van der Waals surface area contributed by atoms with Crippen LogP contribution in [-0.2, 0) is 14.3 Å². The number of piperidine rings is 1. The molecule has 2 aliphatic rings. The zero-order valence-electron chi connectivity index (χ0n) is 9.75. The van der Waals surface area contributed by atoms with Crippen LogP contribution in [0.4, 0.5) is 4.79 Å². The van der Waals surface area contributed by atoms with Crippen LogP contribution in [0.5, 0.6) is 0 Å². The van der Waals surface area contributed by atoms with E-state index in [4.69, 9.17) is 9.47 Å². The van der Waals surface area contributed by atoms with Crippen molar-refractivity contribution in [3.05, 3.63) is 11.8 Å². The van der Waals surface area contributed by atoms with Crippen LogP contribution in [0, 0.1) is 0 Å². The number of ketones is 1. The van der Waals surface area contributed by atoms with Crippen molar-refractivity contribution in [2.75, 3.05) is 26.2 Å². The largest absolute Gasteiger partial charge is 0.513 e. The molecule has 2 heterocycles. The number of Topliss-reactive ketones (excluding diaryl/α,β-unsaturated/α-hetero) is 1. The molecule has 2 N–H and O–H groups in total. The van der Waals surface area contributed by atoms with Gasteiger partial charge in [0, 0.05) is 6.54 Å². The fourth-order valence-corrected chi connectivity index (χ4v) is 2.16. The molecular formula is C11H16N2O4. The average Bonchev–Trinajstić information content (AvgIpc) is 2.67. The van der Waals surface area contributed by atoms with Gasteiger partial charge in [-0.2, -0.15) is 0 Å². The molecule has 0 amide bonds. The number of hydrogen-bond acceptors (Lipinski definition) is 6. The highest BCUT2D eigenvalue weighted by Gasteiger charge is 2.47. The highest BCUT2D eigenvalue weighted by atomic mass is 16.7. The summed E-state index contributed by atoms with van der Waals surface area (Å²) >= 11 is 0. The molecule has 1 unspecified atom stereocenters. The Morgan fingerprint density at radius 1 is 1.59 bits per heavy atom. The number of nitrogens with one attached hydrogen (secondary N) is 2. The van der Waals surface area contributed by atoms with E-state index in [1.165, 1.54) is 0 Å². The summed E-state index contributed by atoms with van der Waals surface area (Å²) in [5, 5.41) is 6.10. The van der Waals surface area contributed by atoms with E-state index in [0.29, 0.717) is 25.3 Å². The molecule has 1 saturated heterocycles. The van der Waals surface area contributed by atoms with E-state index in [-0.39, 0.29) is 18.9 Å². The SMILES string of the molecule is CCOC(=O)OC1=CCNC12CCNCC2=O.